The van der Waals surface area contributed by atoms with Crippen LogP contribution in [0.4, 0.5) is 0 Å². The lowest BCUT2D eigenvalue weighted by molar-refractivity contribution is 0.242. The Bertz CT molecular complexity index is 525. The second-order valence-corrected chi connectivity index (χ2v) is 5.55. The van der Waals surface area contributed by atoms with Gasteiger partial charge >= 0.3 is 0 Å². The summed E-state index contributed by atoms with van der Waals surface area (Å²) in [7, 11) is 0. The molecule has 0 fully saturated rings. The molecule has 0 saturated heterocycles. The molecule has 1 aromatic heterocycles. The van der Waals surface area contributed by atoms with E-state index in [1.165, 1.54) is 0 Å². The Kier molecular flexibility index (Phi) is 3.97. The molecule has 0 bridgehead atoms. The highest BCUT2D eigenvalue weighted by Gasteiger charge is 2.08. The van der Waals surface area contributed by atoms with Gasteiger partial charge in [-0.15, -0.1) is 24.0 Å². The number of aromatic nitrogens is 1. The molecule has 0 atom stereocenters. The lowest BCUT2D eigenvalue weighted by Gasteiger charge is -2.11. The van der Waals surface area contributed by atoms with E-state index in [9.17, 15) is 0 Å². The van der Waals surface area contributed by atoms with Gasteiger partial charge in [-0.1, -0.05) is 11.6 Å². The summed E-state index contributed by atoms with van der Waals surface area (Å²) in [5.41, 5.74) is 0.983. The first-order chi connectivity index (χ1) is 8.06. The quantitative estimate of drug-likeness (QED) is 0.837. The van der Waals surface area contributed by atoms with Crippen molar-refractivity contribution in [3.8, 4) is 16.3 Å². The van der Waals surface area contributed by atoms with E-state index in [-0.39, 0.29) is 6.10 Å². The number of halogens is 1. The summed E-state index contributed by atoms with van der Waals surface area (Å²) in [6, 6.07) is 5.69. The molecule has 0 saturated carbocycles. The number of nitrogens with zero attached hydrogens (tertiary/aromatic N) is 1. The van der Waals surface area contributed by atoms with Gasteiger partial charge in [0.25, 0.3) is 0 Å². The van der Waals surface area contributed by atoms with Crippen molar-refractivity contribution in [3.63, 3.8) is 0 Å². The topological polar surface area (TPSA) is 22.1 Å². The van der Waals surface area contributed by atoms with Gasteiger partial charge < -0.3 is 4.74 Å². The first-order valence-corrected chi connectivity index (χ1v) is 6.88. The molecule has 2 rings (SSSR count). The zero-order chi connectivity index (χ0) is 12.4. The van der Waals surface area contributed by atoms with Crippen LogP contribution >= 0.6 is 35.6 Å². The molecular weight excluding hydrogens is 274 g/mol. The Balaban J connectivity index is 2.30. The van der Waals surface area contributed by atoms with Crippen molar-refractivity contribution < 1.29 is 4.74 Å². The Hall–Kier alpha value is -0.710. The number of hydrogen-bond acceptors (Lipinski definition) is 4. The normalized spacial score (nSPS) is 10.9. The van der Waals surface area contributed by atoms with Crippen LogP contribution in [0.1, 0.15) is 13.8 Å². The van der Waals surface area contributed by atoms with Crippen molar-refractivity contribution in [3.05, 3.63) is 28.6 Å². The summed E-state index contributed by atoms with van der Waals surface area (Å²) >= 11 is 11.9. The molecule has 5 heteroatoms. The number of ether oxygens (including phenoxy) is 1. The van der Waals surface area contributed by atoms with Gasteiger partial charge in [-0.05, 0) is 32.0 Å². The number of thiazole rings is 1. The van der Waals surface area contributed by atoms with Crippen LogP contribution < -0.4 is 4.74 Å². The number of benzene rings is 1. The van der Waals surface area contributed by atoms with Crippen LogP contribution in [0.25, 0.3) is 10.6 Å². The van der Waals surface area contributed by atoms with E-state index in [1.54, 1.807) is 11.3 Å². The molecule has 90 valence electrons. The first kappa shape index (κ1) is 12.7. The van der Waals surface area contributed by atoms with Crippen molar-refractivity contribution in [2.75, 3.05) is 0 Å². The fourth-order valence-corrected chi connectivity index (χ4v) is 2.62. The molecular formula is C12H12ClNOS2. The van der Waals surface area contributed by atoms with Gasteiger partial charge in [-0.25, -0.2) is 4.98 Å². The van der Waals surface area contributed by atoms with Crippen molar-refractivity contribution >= 4 is 35.6 Å². The van der Waals surface area contributed by atoms with E-state index in [4.69, 9.17) is 16.3 Å². The highest BCUT2D eigenvalue weighted by molar-refractivity contribution is 7.80. The van der Waals surface area contributed by atoms with E-state index < -0.39 is 0 Å². The molecule has 0 radical (unpaired) electrons. The van der Waals surface area contributed by atoms with E-state index in [2.05, 4.69) is 17.6 Å². The van der Waals surface area contributed by atoms with Gasteiger partial charge in [0, 0.05) is 10.9 Å². The summed E-state index contributed by atoms with van der Waals surface area (Å²) in [5, 5.41) is 4.13. The minimum atomic E-state index is 0.113. The van der Waals surface area contributed by atoms with Crippen LogP contribution in [-0.4, -0.2) is 11.1 Å². The Morgan fingerprint density at radius 1 is 1.41 bits per heavy atom. The third kappa shape index (κ3) is 3.15. The van der Waals surface area contributed by atoms with Crippen LogP contribution in [0.5, 0.6) is 5.75 Å². The summed E-state index contributed by atoms with van der Waals surface area (Å²) < 4.78 is 5.58. The lowest BCUT2D eigenvalue weighted by Crippen LogP contribution is -2.05. The van der Waals surface area contributed by atoms with Crippen molar-refractivity contribution in [1.29, 1.82) is 0 Å². The average Bonchev–Trinajstić information content (AvgIpc) is 2.67. The highest BCUT2D eigenvalue weighted by Crippen LogP contribution is 2.32. The summed E-state index contributed by atoms with van der Waals surface area (Å²) in [6.07, 6.45) is 0.113. The van der Waals surface area contributed by atoms with E-state index in [1.807, 2.05) is 37.4 Å². The van der Waals surface area contributed by atoms with Crippen LogP contribution in [0.2, 0.25) is 5.02 Å². The van der Waals surface area contributed by atoms with Crippen LogP contribution in [-0.2, 0) is 0 Å². The van der Waals surface area contributed by atoms with Gasteiger partial charge in [0.15, 0.2) is 0 Å². The standard InChI is InChI=1S/C12H12ClNOS2/c1-7(2)15-10-4-3-8(5-9(10)13)12-14-11(16)6-17-12/h3-7,16H,1-2H3. The highest BCUT2D eigenvalue weighted by atomic mass is 35.5. The predicted octanol–water partition coefficient (Wildman–Crippen LogP) is 4.54. The summed E-state index contributed by atoms with van der Waals surface area (Å²) in [5.74, 6) is 0.702. The maximum absolute atomic E-state index is 6.16. The van der Waals surface area contributed by atoms with E-state index in [0.29, 0.717) is 10.8 Å². The zero-order valence-electron chi connectivity index (χ0n) is 9.48. The number of rotatable bonds is 3. The van der Waals surface area contributed by atoms with Crippen molar-refractivity contribution in [1.82, 2.24) is 4.98 Å². The van der Waals surface area contributed by atoms with Crippen LogP contribution in [0.3, 0.4) is 0 Å². The average molecular weight is 286 g/mol. The zero-order valence-corrected chi connectivity index (χ0v) is 11.9. The molecule has 0 N–H and O–H groups in total. The van der Waals surface area contributed by atoms with Gasteiger partial charge in [-0.2, -0.15) is 0 Å². The second-order valence-electron chi connectivity index (χ2n) is 3.82. The largest absolute Gasteiger partial charge is 0.489 e. The van der Waals surface area contributed by atoms with E-state index >= 15 is 0 Å². The second kappa shape index (κ2) is 5.29. The summed E-state index contributed by atoms with van der Waals surface area (Å²) in [4.78, 5) is 4.30. The Morgan fingerprint density at radius 2 is 2.18 bits per heavy atom. The van der Waals surface area contributed by atoms with Gasteiger partial charge in [0.2, 0.25) is 0 Å². The third-order valence-electron chi connectivity index (χ3n) is 2.03. The molecule has 1 aromatic carbocycles. The van der Waals surface area contributed by atoms with Crippen molar-refractivity contribution in [2.45, 2.75) is 25.0 Å². The number of thiol groups is 1. The monoisotopic (exact) mass is 285 g/mol. The van der Waals surface area contributed by atoms with Crippen molar-refractivity contribution in [2.24, 2.45) is 0 Å². The SMILES string of the molecule is CC(C)Oc1ccc(-c2nc(S)cs2)cc1Cl. The molecule has 0 aliphatic heterocycles. The molecule has 2 nitrogen and oxygen atoms in total. The molecule has 0 unspecified atom stereocenters. The minimum Gasteiger partial charge on any atom is -0.489 e. The number of hydrogen-bond donors (Lipinski definition) is 1. The lowest BCUT2D eigenvalue weighted by atomic mass is 10.2. The Labute approximate surface area is 115 Å². The summed E-state index contributed by atoms with van der Waals surface area (Å²) in [6.45, 7) is 3.94. The third-order valence-corrected chi connectivity index (χ3v) is 3.62. The predicted molar refractivity (Wildman–Crippen MR) is 75.6 cm³/mol. The molecule has 2 aromatic rings. The molecule has 0 spiro atoms. The molecule has 0 aliphatic carbocycles. The van der Waals surface area contributed by atoms with Crippen LogP contribution in [0.15, 0.2) is 28.6 Å². The maximum Gasteiger partial charge on any atom is 0.138 e. The van der Waals surface area contributed by atoms with Gasteiger partial charge in [0.05, 0.1) is 11.1 Å². The molecule has 0 amide bonds. The van der Waals surface area contributed by atoms with Gasteiger partial charge in [0.1, 0.15) is 15.8 Å². The fraction of sp³-hybridized carbons (Fsp3) is 0.250. The minimum absolute atomic E-state index is 0.113. The van der Waals surface area contributed by atoms with E-state index in [0.717, 1.165) is 15.6 Å². The Morgan fingerprint density at radius 3 is 2.71 bits per heavy atom. The molecule has 0 aliphatic rings. The molecule has 1 heterocycles. The molecule has 17 heavy (non-hydrogen) atoms. The first-order valence-electron chi connectivity index (χ1n) is 5.17. The fourth-order valence-electron chi connectivity index (χ4n) is 1.38. The smallest absolute Gasteiger partial charge is 0.138 e. The van der Waals surface area contributed by atoms with Crippen LogP contribution in [0, 0.1) is 0 Å². The maximum atomic E-state index is 6.16. The van der Waals surface area contributed by atoms with Gasteiger partial charge in [-0.3, -0.25) is 0 Å².